The maximum Gasteiger partial charge on any atom is 0.106 e. The third-order valence-corrected chi connectivity index (χ3v) is 0.826. The van der Waals surface area contributed by atoms with E-state index < -0.39 is 11.6 Å². The lowest BCUT2D eigenvalue weighted by Crippen LogP contribution is -2.25. The molecule has 0 aliphatic rings. The van der Waals surface area contributed by atoms with Crippen molar-refractivity contribution in [3.8, 4) is 0 Å². The zero-order valence-electron chi connectivity index (χ0n) is 3.56. The first kappa shape index (κ1) is 6.21. The molecule has 0 aliphatic carbocycles. The highest BCUT2D eigenvalue weighted by Gasteiger charge is 2.00. The van der Waals surface area contributed by atoms with Gasteiger partial charge in [-0.1, -0.05) is 0 Å². The van der Waals surface area contributed by atoms with Crippen molar-refractivity contribution in [2.45, 2.75) is 18.5 Å². The summed E-state index contributed by atoms with van der Waals surface area (Å²) < 4.78 is 0. The number of rotatable bonds is 1. The minimum atomic E-state index is -0.620. The van der Waals surface area contributed by atoms with Crippen LogP contribution >= 0.6 is 11.6 Å². The molecule has 0 aromatic rings. The van der Waals surface area contributed by atoms with Crippen molar-refractivity contribution in [2.75, 3.05) is 0 Å². The van der Waals surface area contributed by atoms with E-state index in [0.717, 1.165) is 0 Å². The maximum atomic E-state index is 8.37. The SMILES string of the molecule is C[C@H](O)C(N)Cl. The molecule has 0 bridgehead atoms. The van der Waals surface area contributed by atoms with Crippen molar-refractivity contribution in [1.82, 2.24) is 0 Å². The fraction of sp³-hybridized carbons (Fsp3) is 1.00. The van der Waals surface area contributed by atoms with Crippen molar-refractivity contribution in [3.05, 3.63) is 0 Å². The number of nitrogens with two attached hydrogens (primary N) is 1. The average Bonchev–Trinajstić information content (AvgIpc) is 1.36. The molecule has 0 amide bonds. The molecule has 0 rings (SSSR count). The Morgan fingerprint density at radius 2 is 2.00 bits per heavy atom. The first-order valence-corrected chi connectivity index (χ1v) is 2.16. The minimum absolute atomic E-state index is 0.605. The van der Waals surface area contributed by atoms with E-state index in [-0.39, 0.29) is 0 Å². The fourth-order valence-electron chi connectivity index (χ4n) is 0. The van der Waals surface area contributed by atoms with Crippen molar-refractivity contribution >= 4 is 11.6 Å². The van der Waals surface area contributed by atoms with Crippen molar-refractivity contribution < 1.29 is 5.11 Å². The smallest absolute Gasteiger partial charge is 0.106 e. The number of halogens is 1. The van der Waals surface area contributed by atoms with Crippen LogP contribution in [-0.4, -0.2) is 16.7 Å². The lowest BCUT2D eigenvalue weighted by atomic mass is 10.4. The van der Waals surface area contributed by atoms with Gasteiger partial charge in [-0.3, -0.25) is 0 Å². The van der Waals surface area contributed by atoms with Crippen LogP contribution < -0.4 is 5.73 Å². The van der Waals surface area contributed by atoms with Gasteiger partial charge in [-0.15, -0.1) is 11.6 Å². The Bertz CT molecular complexity index is 31.8. The van der Waals surface area contributed by atoms with Gasteiger partial charge in [-0.05, 0) is 6.92 Å². The van der Waals surface area contributed by atoms with Crippen LogP contribution in [0.5, 0.6) is 0 Å². The van der Waals surface area contributed by atoms with Crippen LogP contribution in [0.15, 0.2) is 0 Å². The first-order valence-electron chi connectivity index (χ1n) is 1.72. The normalized spacial score (nSPS) is 20.0. The van der Waals surface area contributed by atoms with Crippen molar-refractivity contribution in [2.24, 2.45) is 5.73 Å². The second-order valence-electron chi connectivity index (χ2n) is 1.19. The van der Waals surface area contributed by atoms with E-state index in [4.69, 9.17) is 22.4 Å². The molecule has 0 saturated heterocycles. The molecule has 0 aliphatic heterocycles. The molecule has 0 spiro atoms. The molecular weight excluding hydrogens is 101 g/mol. The van der Waals surface area contributed by atoms with Gasteiger partial charge >= 0.3 is 0 Å². The maximum absolute atomic E-state index is 8.37. The lowest BCUT2D eigenvalue weighted by Gasteiger charge is -2.02. The molecule has 0 heterocycles. The van der Waals surface area contributed by atoms with Gasteiger partial charge in [0.2, 0.25) is 0 Å². The molecule has 3 N–H and O–H groups in total. The van der Waals surface area contributed by atoms with Gasteiger partial charge in [0, 0.05) is 0 Å². The van der Waals surface area contributed by atoms with Crippen LogP contribution in [0, 0.1) is 0 Å². The van der Waals surface area contributed by atoms with Crippen LogP contribution in [0.1, 0.15) is 6.92 Å². The third-order valence-electron chi connectivity index (χ3n) is 0.461. The zero-order valence-corrected chi connectivity index (χ0v) is 4.31. The molecule has 2 nitrogen and oxygen atoms in total. The van der Waals surface area contributed by atoms with E-state index in [2.05, 4.69) is 0 Å². The van der Waals surface area contributed by atoms with Gasteiger partial charge in [0.25, 0.3) is 0 Å². The predicted octanol–water partition coefficient (Wildman–Crippen LogP) is -0.109. The molecule has 3 heteroatoms. The van der Waals surface area contributed by atoms with E-state index in [9.17, 15) is 0 Å². The summed E-state index contributed by atoms with van der Waals surface area (Å²) >= 11 is 5.14. The fourth-order valence-corrected chi connectivity index (χ4v) is 0. The van der Waals surface area contributed by atoms with Crippen molar-refractivity contribution in [3.63, 3.8) is 0 Å². The average molecular weight is 110 g/mol. The van der Waals surface area contributed by atoms with E-state index in [1.807, 2.05) is 0 Å². The van der Waals surface area contributed by atoms with E-state index in [1.165, 1.54) is 6.92 Å². The highest BCUT2D eigenvalue weighted by atomic mass is 35.5. The molecule has 1 unspecified atom stereocenters. The number of hydrogen-bond acceptors (Lipinski definition) is 2. The predicted molar refractivity (Wildman–Crippen MR) is 25.5 cm³/mol. The Balaban J connectivity index is 2.99. The van der Waals surface area contributed by atoms with Crippen LogP contribution in [0.4, 0.5) is 0 Å². The van der Waals surface area contributed by atoms with Crippen LogP contribution in [0.2, 0.25) is 0 Å². The van der Waals surface area contributed by atoms with E-state index in [0.29, 0.717) is 0 Å². The summed E-state index contributed by atoms with van der Waals surface area (Å²) in [6.07, 6.45) is -0.605. The van der Waals surface area contributed by atoms with Crippen LogP contribution in [0.25, 0.3) is 0 Å². The van der Waals surface area contributed by atoms with E-state index in [1.54, 1.807) is 0 Å². The summed E-state index contributed by atoms with van der Waals surface area (Å²) in [5.74, 6) is 0. The molecule has 6 heavy (non-hydrogen) atoms. The second-order valence-corrected chi connectivity index (χ2v) is 1.69. The summed E-state index contributed by atoms with van der Waals surface area (Å²) in [6, 6.07) is 0. The molecule has 38 valence electrons. The topological polar surface area (TPSA) is 46.2 Å². The Hall–Kier alpha value is 0.210. The lowest BCUT2D eigenvalue weighted by molar-refractivity contribution is 0.191. The Morgan fingerprint density at radius 3 is 2.00 bits per heavy atom. The van der Waals surface area contributed by atoms with Crippen LogP contribution in [-0.2, 0) is 0 Å². The molecule has 2 atom stereocenters. The molecule has 0 fully saturated rings. The van der Waals surface area contributed by atoms with Gasteiger partial charge in [-0.2, -0.15) is 0 Å². The Labute approximate surface area is 41.9 Å². The number of hydrogen-bond donors (Lipinski definition) is 2. The summed E-state index contributed by atoms with van der Waals surface area (Å²) in [5, 5.41) is 8.37. The summed E-state index contributed by atoms with van der Waals surface area (Å²) in [7, 11) is 0. The largest absolute Gasteiger partial charge is 0.391 e. The van der Waals surface area contributed by atoms with Gasteiger partial charge < -0.3 is 10.8 Å². The summed E-state index contributed by atoms with van der Waals surface area (Å²) in [6.45, 7) is 1.54. The van der Waals surface area contributed by atoms with Gasteiger partial charge in [0.05, 0.1) is 6.10 Å². The van der Waals surface area contributed by atoms with E-state index >= 15 is 0 Å². The first-order chi connectivity index (χ1) is 2.64. The van der Waals surface area contributed by atoms with Crippen LogP contribution in [0.3, 0.4) is 0 Å². The summed E-state index contributed by atoms with van der Waals surface area (Å²) in [5.41, 5.74) is 4.33. The Kier molecular flexibility index (Phi) is 2.48. The number of aliphatic hydroxyl groups excluding tert-OH is 1. The van der Waals surface area contributed by atoms with Crippen molar-refractivity contribution in [1.29, 1.82) is 0 Å². The minimum Gasteiger partial charge on any atom is -0.391 e. The van der Waals surface area contributed by atoms with Gasteiger partial charge in [-0.25, -0.2) is 0 Å². The number of alkyl halides is 1. The Morgan fingerprint density at radius 1 is 1.83 bits per heavy atom. The molecule has 0 aromatic heterocycles. The quantitative estimate of drug-likeness (QED) is 0.365. The highest BCUT2D eigenvalue weighted by molar-refractivity contribution is 6.20. The number of aliphatic hydroxyl groups is 1. The summed E-state index contributed by atoms with van der Waals surface area (Å²) in [4.78, 5) is 0. The van der Waals surface area contributed by atoms with Gasteiger partial charge in [0.15, 0.2) is 0 Å². The van der Waals surface area contributed by atoms with Gasteiger partial charge in [0.1, 0.15) is 5.50 Å². The second kappa shape index (κ2) is 2.39. The zero-order chi connectivity index (χ0) is 5.15. The molecule has 0 aromatic carbocycles. The highest BCUT2D eigenvalue weighted by Crippen LogP contribution is 1.90. The molecule has 0 saturated carbocycles. The monoisotopic (exact) mass is 109 g/mol. The third kappa shape index (κ3) is 2.45. The molecular formula is C3H8ClNO. The molecule has 0 radical (unpaired) electrons. The standard InChI is InChI=1S/C3H8ClNO/c1-2(6)3(4)5/h2-3,6H,5H2,1H3/t2-,3?/m0/s1.